The summed E-state index contributed by atoms with van der Waals surface area (Å²) in [7, 11) is 0. The molecule has 1 spiro atoms. The van der Waals surface area contributed by atoms with E-state index in [4.69, 9.17) is 0 Å². The molecule has 0 radical (unpaired) electrons. The minimum atomic E-state index is -0.467. The number of fused-ring (bicyclic) bond motifs is 15. The lowest BCUT2D eigenvalue weighted by atomic mass is 9.36. The van der Waals surface area contributed by atoms with Gasteiger partial charge in [0.2, 0.25) is 0 Å². The van der Waals surface area contributed by atoms with Crippen LogP contribution >= 0.6 is 11.3 Å². The first kappa shape index (κ1) is 44.1. The lowest BCUT2D eigenvalue weighted by Gasteiger charge is -2.44. The highest BCUT2D eigenvalue weighted by atomic mass is 32.1. The SMILES string of the molecule is Cc1ccc(-c2ccccc2)c(-c2ccc3c(c2)N(c2ccc(C(C)(C)C)cc2)c2cc(C)cc4c2B3c2sc3c(c2N4c2ccc(C(C)C)cc2)-c2ccc(C)cc2C32c3ccccc3-c3ccccc32)c1. The van der Waals surface area contributed by atoms with Crippen LogP contribution < -0.4 is 25.5 Å². The van der Waals surface area contributed by atoms with Crippen LogP contribution in [0.3, 0.4) is 0 Å². The summed E-state index contributed by atoms with van der Waals surface area (Å²) >= 11 is 2.07. The Bertz CT molecular complexity index is 3860. The molecule has 14 rings (SSSR count). The molecule has 2 nitrogen and oxygen atoms in total. The van der Waals surface area contributed by atoms with Crippen LogP contribution in [0, 0.1) is 20.8 Å². The summed E-state index contributed by atoms with van der Waals surface area (Å²) in [4.78, 5) is 6.70. The molecule has 2 aliphatic heterocycles. The molecule has 0 unspecified atom stereocenters. The minimum absolute atomic E-state index is 0.0225. The highest BCUT2D eigenvalue weighted by molar-refractivity contribution is 7.30. The molecular weight excluding hydrogens is 900 g/mol. The molecule has 9 aromatic carbocycles. The van der Waals surface area contributed by atoms with Gasteiger partial charge in [0.25, 0.3) is 6.71 Å². The lowest BCUT2D eigenvalue weighted by molar-refractivity contribution is 0.590. The van der Waals surface area contributed by atoms with Crippen molar-refractivity contribution >= 4 is 67.9 Å². The van der Waals surface area contributed by atoms with Gasteiger partial charge in [-0.1, -0.05) is 197 Å². The topological polar surface area (TPSA) is 6.48 Å². The molecule has 352 valence electrons. The normalized spacial score (nSPS) is 14.2. The third-order valence-corrected chi connectivity index (χ3v) is 17.9. The van der Waals surface area contributed by atoms with Crippen molar-refractivity contribution in [3.8, 4) is 44.5 Å². The van der Waals surface area contributed by atoms with Crippen LogP contribution in [-0.4, -0.2) is 6.71 Å². The number of rotatable bonds is 5. The zero-order chi connectivity index (χ0) is 49.7. The van der Waals surface area contributed by atoms with Crippen molar-refractivity contribution in [1.29, 1.82) is 0 Å². The van der Waals surface area contributed by atoms with Crippen molar-refractivity contribution < 1.29 is 0 Å². The summed E-state index contributed by atoms with van der Waals surface area (Å²) in [5.41, 5.74) is 30.5. The molecule has 0 atom stereocenters. The van der Waals surface area contributed by atoms with Crippen LogP contribution in [0.5, 0.6) is 0 Å². The van der Waals surface area contributed by atoms with Crippen LogP contribution in [0.15, 0.2) is 194 Å². The number of hydrogen-bond acceptors (Lipinski definition) is 3. The predicted molar refractivity (Wildman–Crippen MR) is 313 cm³/mol. The third kappa shape index (κ3) is 6.29. The fourth-order valence-corrected chi connectivity index (χ4v) is 14.8. The third-order valence-electron chi connectivity index (χ3n) is 16.6. The van der Waals surface area contributed by atoms with Crippen LogP contribution in [0.1, 0.15) is 89.9 Å². The van der Waals surface area contributed by atoms with Gasteiger partial charge < -0.3 is 9.80 Å². The Hall–Kier alpha value is -7.66. The Kier molecular flexibility index (Phi) is 9.61. The Labute approximate surface area is 435 Å². The van der Waals surface area contributed by atoms with Crippen LogP contribution in [-0.2, 0) is 10.8 Å². The molecule has 0 saturated heterocycles. The fourth-order valence-electron chi connectivity index (χ4n) is 13.1. The monoisotopic (exact) mass is 956 g/mol. The van der Waals surface area contributed by atoms with Crippen molar-refractivity contribution in [3.63, 3.8) is 0 Å². The largest absolute Gasteiger partial charge is 0.311 e. The van der Waals surface area contributed by atoms with E-state index in [9.17, 15) is 0 Å². The number of anilines is 6. The second-order valence-corrected chi connectivity index (χ2v) is 23.5. The van der Waals surface area contributed by atoms with Crippen LogP contribution in [0.25, 0.3) is 44.5 Å². The van der Waals surface area contributed by atoms with E-state index >= 15 is 0 Å². The van der Waals surface area contributed by atoms with E-state index in [1.54, 1.807) is 0 Å². The molecule has 0 saturated carbocycles. The molecule has 0 amide bonds. The van der Waals surface area contributed by atoms with Gasteiger partial charge in [-0.05, 0) is 158 Å². The van der Waals surface area contributed by atoms with Crippen LogP contribution in [0.4, 0.5) is 34.1 Å². The van der Waals surface area contributed by atoms with E-state index < -0.39 is 5.41 Å². The van der Waals surface area contributed by atoms with E-state index in [0.29, 0.717) is 5.92 Å². The van der Waals surface area contributed by atoms with Crippen molar-refractivity contribution in [2.45, 2.75) is 72.1 Å². The van der Waals surface area contributed by atoms with Gasteiger partial charge in [-0.3, -0.25) is 0 Å². The summed E-state index contributed by atoms with van der Waals surface area (Å²) in [5.74, 6) is 0.424. The highest BCUT2D eigenvalue weighted by Gasteiger charge is 2.57. The zero-order valence-electron chi connectivity index (χ0n) is 42.9. The molecule has 10 aromatic rings. The van der Waals surface area contributed by atoms with E-state index in [1.807, 2.05) is 0 Å². The first-order valence-electron chi connectivity index (χ1n) is 26.1. The molecule has 4 aliphatic rings. The van der Waals surface area contributed by atoms with E-state index in [1.165, 1.54) is 144 Å². The maximum Gasteiger partial charge on any atom is 0.264 e. The Balaban J connectivity index is 1.10. The number of hydrogen-bond donors (Lipinski definition) is 0. The standard InChI is InChI=1S/C69H57BN2S/c1-41(2)45-24-29-50(30-25-45)72-62-39-44(5)38-61-64(62)70(67-65(72)63-54-34-23-43(4)37-58(54)69(66(63)73-67)56-20-14-12-18-52(56)53-19-13-15-21-57(53)69)59-35-26-47(55-36-42(3)22-33-51(55)46-16-10-9-11-17-46)40-60(59)71(61)49-31-27-48(28-32-49)68(6,7)8/h9-41H,1-8H3. The molecule has 73 heavy (non-hydrogen) atoms. The lowest BCUT2D eigenvalue weighted by Crippen LogP contribution is -2.60. The number of benzene rings is 9. The van der Waals surface area contributed by atoms with Gasteiger partial charge in [0.1, 0.15) is 0 Å². The van der Waals surface area contributed by atoms with Gasteiger partial charge in [0.05, 0.1) is 11.1 Å². The van der Waals surface area contributed by atoms with Gasteiger partial charge >= 0.3 is 0 Å². The maximum atomic E-state index is 2.67. The summed E-state index contributed by atoms with van der Waals surface area (Å²) in [5, 5.41) is 0. The second-order valence-electron chi connectivity index (χ2n) is 22.5. The van der Waals surface area contributed by atoms with E-state index in [-0.39, 0.29) is 12.1 Å². The van der Waals surface area contributed by atoms with E-state index in [2.05, 4.69) is 271 Å². The summed E-state index contributed by atoms with van der Waals surface area (Å²) in [6, 6.07) is 74.9. The first-order chi connectivity index (χ1) is 35.4. The number of aryl methyl sites for hydroxylation is 3. The van der Waals surface area contributed by atoms with Gasteiger partial charge in [-0.25, -0.2) is 0 Å². The van der Waals surface area contributed by atoms with Gasteiger partial charge in [-0.15, -0.1) is 11.3 Å². The van der Waals surface area contributed by atoms with Crippen LogP contribution in [0.2, 0.25) is 0 Å². The smallest absolute Gasteiger partial charge is 0.264 e. The van der Waals surface area contributed by atoms with E-state index in [0.717, 1.165) is 0 Å². The Morgan fingerprint density at radius 1 is 0.479 bits per heavy atom. The van der Waals surface area contributed by atoms with Gasteiger partial charge in [0, 0.05) is 43.7 Å². The van der Waals surface area contributed by atoms with Gasteiger partial charge in [0.15, 0.2) is 0 Å². The molecule has 0 N–H and O–H groups in total. The highest BCUT2D eigenvalue weighted by Crippen LogP contribution is 2.67. The zero-order valence-corrected chi connectivity index (χ0v) is 43.7. The molecule has 1 aromatic heterocycles. The van der Waals surface area contributed by atoms with Crippen molar-refractivity contribution in [3.05, 3.63) is 244 Å². The maximum absolute atomic E-state index is 2.67. The summed E-state index contributed by atoms with van der Waals surface area (Å²) in [6.45, 7) is 18.3. The minimum Gasteiger partial charge on any atom is -0.311 e. The average molecular weight is 957 g/mol. The molecule has 4 heteroatoms. The second kappa shape index (κ2) is 15.9. The molecular formula is C69H57BN2S. The number of thiophene rings is 1. The molecule has 0 fully saturated rings. The van der Waals surface area contributed by atoms with Crippen molar-refractivity contribution in [2.75, 3.05) is 9.80 Å². The predicted octanol–water partition coefficient (Wildman–Crippen LogP) is 16.9. The average Bonchev–Trinajstić information content (AvgIpc) is 4.02. The fraction of sp³-hybridized carbons (Fsp3) is 0.159. The molecule has 2 aliphatic carbocycles. The summed E-state index contributed by atoms with van der Waals surface area (Å²) in [6.07, 6.45) is 0. The molecule has 0 bridgehead atoms. The Morgan fingerprint density at radius 2 is 1.08 bits per heavy atom. The van der Waals surface area contributed by atoms with Gasteiger partial charge in [-0.2, -0.15) is 0 Å². The summed E-state index contributed by atoms with van der Waals surface area (Å²) < 4.78 is 1.40. The molecule has 3 heterocycles. The van der Waals surface area contributed by atoms with Crippen molar-refractivity contribution in [2.24, 2.45) is 0 Å². The first-order valence-corrected chi connectivity index (χ1v) is 27.0. The Morgan fingerprint density at radius 3 is 1.75 bits per heavy atom. The number of nitrogens with zero attached hydrogens (tertiary/aromatic N) is 2. The quantitative estimate of drug-likeness (QED) is 0.159. The van der Waals surface area contributed by atoms with Crippen molar-refractivity contribution in [1.82, 2.24) is 0 Å².